The van der Waals surface area contributed by atoms with Crippen LogP contribution in [0.15, 0.2) is 60.7 Å². The lowest BCUT2D eigenvalue weighted by molar-refractivity contribution is -0.146. The minimum absolute atomic E-state index is 0.143. The van der Waals surface area contributed by atoms with Crippen LogP contribution in [0, 0.1) is 5.92 Å². The van der Waals surface area contributed by atoms with Gasteiger partial charge in [0.1, 0.15) is 0 Å². The third kappa shape index (κ3) is 2.14. The second kappa shape index (κ2) is 4.88. The zero-order valence-electron chi connectivity index (χ0n) is 10.6. The molecule has 0 aliphatic heterocycles. The first-order valence-corrected chi connectivity index (χ1v) is 6.60. The van der Waals surface area contributed by atoms with E-state index in [4.69, 9.17) is 0 Å². The quantitative estimate of drug-likeness (QED) is 0.905. The van der Waals surface area contributed by atoms with Gasteiger partial charge >= 0.3 is 5.97 Å². The summed E-state index contributed by atoms with van der Waals surface area (Å²) in [4.78, 5) is 11.5. The highest BCUT2D eigenvalue weighted by Gasteiger charge is 2.46. The highest BCUT2D eigenvalue weighted by molar-refractivity contribution is 5.74. The van der Waals surface area contributed by atoms with Crippen molar-refractivity contribution in [2.45, 2.75) is 18.3 Å². The predicted molar refractivity (Wildman–Crippen MR) is 74.1 cm³/mol. The van der Waals surface area contributed by atoms with E-state index in [1.807, 2.05) is 60.7 Å². The van der Waals surface area contributed by atoms with Crippen LogP contribution in [0.2, 0.25) is 0 Å². The van der Waals surface area contributed by atoms with E-state index in [1.54, 1.807) is 0 Å². The van der Waals surface area contributed by atoms with Crippen LogP contribution in [0.4, 0.5) is 0 Å². The summed E-state index contributed by atoms with van der Waals surface area (Å²) >= 11 is 0. The molecular weight excluding hydrogens is 236 g/mol. The fourth-order valence-electron chi connectivity index (χ4n) is 3.08. The van der Waals surface area contributed by atoms with E-state index in [1.165, 1.54) is 0 Å². The zero-order chi connectivity index (χ0) is 13.2. The van der Waals surface area contributed by atoms with Crippen molar-refractivity contribution in [1.29, 1.82) is 0 Å². The lowest BCUT2D eigenvalue weighted by Crippen LogP contribution is -2.38. The SMILES string of the molecule is O=C(O)C1C(c2ccccc2)C[C@H]1c1ccccc1. The Bertz CT molecular complexity index is 517. The first kappa shape index (κ1) is 12.0. The smallest absolute Gasteiger partial charge is 0.307 e. The van der Waals surface area contributed by atoms with E-state index >= 15 is 0 Å². The van der Waals surface area contributed by atoms with Crippen LogP contribution in [0.25, 0.3) is 0 Å². The topological polar surface area (TPSA) is 37.3 Å². The fourth-order valence-corrected chi connectivity index (χ4v) is 3.08. The van der Waals surface area contributed by atoms with E-state index in [0.717, 1.165) is 17.5 Å². The van der Waals surface area contributed by atoms with Crippen LogP contribution in [0.5, 0.6) is 0 Å². The Balaban J connectivity index is 1.86. The Hall–Kier alpha value is -2.09. The number of rotatable bonds is 3. The third-order valence-corrected chi connectivity index (χ3v) is 4.12. The molecule has 1 saturated carbocycles. The van der Waals surface area contributed by atoms with Gasteiger partial charge in [0.2, 0.25) is 0 Å². The summed E-state index contributed by atoms with van der Waals surface area (Å²) in [5.41, 5.74) is 2.28. The predicted octanol–water partition coefficient (Wildman–Crippen LogP) is 3.66. The van der Waals surface area contributed by atoms with Gasteiger partial charge < -0.3 is 5.11 Å². The molecule has 0 heterocycles. The zero-order valence-corrected chi connectivity index (χ0v) is 10.6. The Labute approximate surface area is 112 Å². The van der Waals surface area contributed by atoms with E-state index in [-0.39, 0.29) is 17.8 Å². The molecule has 2 nitrogen and oxygen atoms in total. The average Bonchev–Trinajstić information content (AvgIpc) is 2.39. The molecule has 96 valence electrons. The van der Waals surface area contributed by atoms with Gasteiger partial charge in [0.15, 0.2) is 0 Å². The lowest BCUT2D eigenvalue weighted by Gasteiger charge is -2.42. The Morgan fingerprint density at radius 2 is 1.26 bits per heavy atom. The van der Waals surface area contributed by atoms with Crippen LogP contribution >= 0.6 is 0 Å². The number of aliphatic carboxylic acids is 1. The van der Waals surface area contributed by atoms with Gasteiger partial charge in [-0.2, -0.15) is 0 Å². The minimum atomic E-state index is -0.686. The molecule has 0 bridgehead atoms. The summed E-state index contributed by atoms with van der Waals surface area (Å²) in [7, 11) is 0. The molecule has 0 saturated heterocycles. The minimum Gasteiger partial charge on any atom is -0.481 e. The monoisotopic (exact) mass is 252 g/mol. The van der Waals surface area contributed by atoms with E-state index in [2.05, 4.69) is 0 Å². The van der Waals surface area contributed by atoms with Crippen molar-refractivity contribution in [3.05, 3.63) is 71.8 Å². The van der Waals surface area contributed by atoms with Crippen LogP contribution in [0.1, 0.15) is 29.4 Å². The normalized spacial score (nSPS) is 25.6. The molecule has 0 amide bonds. The standard InChI is InChI=1S/C17H16O2/c18-17(19)16-14(12-7-3-1-4-8-12)11-15(16)13-9-5-2-6-10-13/h1-10,14-16H,11H2,(H,18,19)/t14-,15?,16?/m0/s1. The Kier molecular flexibility index (Phi) is 3.08. The summed E-state index contributed by atoms with van der Waals surface area (Å²) in [6.07, 6.45) is 0.922. The molecule has 3 atom stereocenters. The van der Waals surface area contributed by atoms with Crippen molar-refractivity contribution >= 4 is 5.97 Å². The number of hydrogen-bond donors (Lipinski definition) is 1. The second-order valence-corrected chi connectivity index (χ2v) is 5.13. The van der Waals surface area contributed by atoms with Gasteiger partial charge in [0.05, 0.1) is 5.92 Å². The molecule has 2 heteroatoms. The summed E-state index contributed by atoms with van der Waals surface area (Å²) in [6.45, 7) is 0. The Morgan fingerprint density at radius 1 is 0.842 bits per heavy atom. The van der Waals surface area contributed by atoms with Crippen LogP contribution < -0.4 is 0 Å². The molecule has 0 aromatic heterocycles. The van der Waals surface area contributed by atoms with Crippen LogP contribution in [-0.4, -0.2) is 11.1 Å². The van der Waals surface area contributed by atoms with E-state index < -0.39 is 5.97 Å². The van der Waals surface area contributed by atoms with Gasteiger partial charge in [-0.1, -0.05) is 60.7 Å². The maximum absolute atomic E-state index is 11.5. The Morgan fingerprint density at radius 3 is 1.63 bits per heavy atom. The van der Waals surface area contributed by atoms with Crippen molar-refractivity contribution in [1.82, 2.24) is 0 Å². The maximum Gasteiger partial charge on any atom is 0.307 e. The molecule has 3 rings (SSSR count). The van der Waals surface area contributed by atoms with E-state index in [0.29, 0.717) is 0 Å². The molecule has 1 aliphatic rings. The molecule has 2 unspecified atom stereocenters. The summed E-state index contributed by atoms with van der Waals surface area (Å²) in [5.74, 6) is -0.702. The number of carboxylic acid groups (broad SMARTS) is 1. The number of carboxylic acids is 1. The molecule has 1 fully saturated rings. The van der Waals surface area contributed by atoms with Gasteiger partial charge in [-0.15, -0.1) is 0 Å². The first-order chi connectivity index (χ1) is 9.27. The molecule has 2 aromatic rings. The first-order valence-electron chi connectivity index (χ1n) is 6.60. The summed E-state index contributed by atoms with van der Waals surface area (Å²) in [6, 6.07) is 20.0. The second-order valence-electron chi connectivity index (χ2n) is 5.13. The lowest BCUT2D eigenvalue weighted by atomic mass is 9.60. The van der Waals surface area contributed by atoms with Gasteiger partial charge in [0.25, 0.3) is 0 Å². The van der Waals surface area contributed by atoms with Gasteiger partial charge in [-0.05, 0) is 29.4 Å². The molecule has 1 N–H and O–H groups in total. The maximum atomic E-state index is 11.5. The summed E-state index contributed by atoms with van der Waals surface area (Å²) < 4.78 is 0. The molecule has 1 aliphatic carbocycles. The average molecular weight is 252 g/mol. The highest BCUT2D eigenvalue weighted by atomic mass is 16.4. The highest BCUT2D eigenvalue weighted by Crippen LogP contribution is 2.52. The van der Waals surface area contributed by atoms with Crippen molar-refractivity contribution in [3.8, 4) is 0 Å². The number of hydrogen-bond acceptors (Lipinski definition) is 1. The van der Waals surface area contributed by atoms with Gasteiger partial charge in [0, 0.05) is 0 Å². The van der Waals surface area contributed by atoms with Crippen molar-refractivity contribution < 1.29 is 9.90 Å². The number of carbonyl (C=O) groups is 1. The molecule has 19 heavy (non-hydrogen) atoms. The third-order valence-electron chi connectivity index (χ3n) is 4.12. The number of benzene rings is 2. The van der Waals surface area contributed by atoms with Crippen LogP contribution in [-0.2, 0) is 4.79 Å². The van der Waals surface area contributed by atoms with Crippen molar-refractivity contribution in [2.75, 3.05) is 0 Å². The van der Waals surface area contributed by atoms with Gasteiger partial charge in [-0.25, -0.2) is 0 Å². The van der Waals surface area contributed by atoms with E-state index in [9.17, 15) is 9.90 Å². The van der Waals surface area contributed by atoms with Crippen LogP contribution in [0.3, 0.4) is 0 Å². The van der Waals surface area contributed by atoms with Gasteiger partial charge in [-0.3, -0.25) is 4.79 Å². The summed E-state index contributed by atoms with van der Waals surface area (Å²) in [5, 5.41) is 9.50. The van der Waals surface area contributed by atoms with Crippen molar-refractivity contribution in [2.24, 2.45) is 5.92 Å². The van der Waals surface area contributed by atoms with Crippen molar-refractivity contribution in [3.63, 3.8) is 0 Å². The fraction of sp³-hybridized carbons (Fsp3) is 0.235. The largest absolute Gasteiger partial charge is 0.481 e. The molecule has 2 aromatic carbocycles. The molecule has 0 spiro atoms. The molecular formula is C17H16O2. The molecule has 0 radical (unpaired) electrons.